The number of carbonyl (C=O) groups excluding carboxylic acids is 2. The molecule has 0 aromatic heterocycles. The predicted molar refractivity (Wildman–Crippen MR) is 88.5 cm³/mol. The van der Waals surface area contributed by atoms with E-state index in [1.165, 1.54) is 0 Å². The minimum absolute atomic E-state index is 0.0371. The Balaban J connectivity index is 1.98. The first-order chi connectivity index (χ1) is 11.8. The molecule has 5 atom stereocenters. The number of rotatable bonds is 2. The van der Waals surface area contributed by atoms with E-state index in [9.17, 15) is 19.8 Å². The normalized spacial score (nSPS) is 39.5. The summed E-state index contributed by atoms with van der Waals surface area (Å²) < 4.78 is 11.1. The molecule has 7 nitrogen and oxygen atoms in total. The number of ether oxygens (including phenoxy) is 2. The van der Waals surface area contributed by atoms with E-state index in [2.05, 4.69) is 4.90 Å². The van der Waals surface area contributed by atoms with Gasteiger partial charge in [-0.05, 0) is 24.3 Å². The fourth-order valence-corrected chi connectivity index (χ4v) is 4.16. The van der Waals surface area contributed by atoms with Crippen molar-refractivity contribution in [1.29, 1.82) is 0 Å². The Kier molecular flexibility index (Phi) is 4.92. The summed E-state index contributed by atoms with van der Waals surface area (Å²) in [7, 11) is 0. The zero-order chi connectivity index (χ0) is 18.4. The van der Waals surface area contributed by atoms with Gasteiger partial charge in [0.2, 0.25) is 0 Å². The molecule has 3 rings (SSSR count). The van der Waals surface area contributed by atoms with Crippen molar-refractivity contribution >= 4 is 11.9 Å². The Morgan fingerprint density at radius 1 is 1.40 bits per heavy atom. The predicted octanol–water partition coefficient (Wildman–Crippen LogP) is 0.243. The van der Waals surface area contributed by atoms with Gasteiger partial charge in [0.05, 0.1) is 12.0 Å². The highest BCUT2D eigenvalue weighted by atomic mass is 16.6. The number of aliphatic hydroxyl groups is 2. The molecule has 140 valence electrons. The zero-order valence-corrected chi connectivity index (χ0v) is 15.0. The number of nitrogens with zero attached hydrogens (tertiary/aromatic N) is 1. The lowest BCUT2D eigenvalue weighted by Gasteiger charge is -2.35. The Bertz CT molecular complexity index is 588. The fourth-order valence-electron chi connectivity index (χ4n) is 4.16. The van der Waals surface area contributed by atoms with Gasteiger partial charge < -0.3 is 19.7 Å². The highest BCUT2D eigenvalue weighted by Gasteiger charge is 2.52. The highest BCUT2D eigenvalue weighted by molar-refractivity contribution is 5.83. The third-order valence-electron chi connectivity index (χ3n) is 5.76. The van der Waals surface area contributed by atoms with Gasteiger partial charge >= 0.3 is 11.9 Å². The molecule has 2 fully saturated rings. The van der Waals surface area contributed by atoms with Crippen LogP contribution in [-0.4, -0.2) is 70.6 Å². The van der Waals surface area contributed by atoms with E-state index in [0.29, 0.717) is 6.42 Å². The SMILES string of the molecule is CCC1(O)C(=O)OCC2=CCN3CC[C@@H](OC(=O)C(C(C)C)C1O)[C@@H]23. The molecule has 3 aliphatic heterocycles. The van der Waals surface area contributed by atoms with Gasteiger partial charge in [0.15, 0.2) is 5.60 Å². The van der Waals surface area contributed by atoms with Crippen LogP contribution < -0.4 is 0 Å². The molecule has 0 amide bonds. The van der Waals surface area contributed by atoms with E-state index in [1.54, 1.807) is 20.8 Å². The van der Waals surface area contributed by atoms with Crippen LogP contribution in [0.15, 0.2) is 11.6 Å². The van der Waals surface area contributed by atoms with E-state index in [-0.39, 0.29) is 31.1 Å². The number of hydrogen-bond acceptors (Lipinski definition) is 7. The second-order valence-corrected chi connectivity index (χ2v) is 7.55. The molecule has 0 radical (unpaired) electrons. The number of esters is 2. The van der Waals surface area contributed by atoms with Crippen LogP contribution in [-0.2, 0) is 19.1 Å². The van der Waals surface area contributed by atoms with E-state index in [4.69, 9.17) is 9.47 Å². The van der Waals surface area contributed by atoms with E-state index in [0.717, 1.165) is 18.7 Å². The summed E-state index contributed by atoms with van der Waals surface area (Å²) in [6.07, 6.45) is 0.738. The van der Waals surface area contributed by atoms with Gasteiger partial charge in [0, 0.05) is 13.1 Å². The molecule has 0 aliphatic carbocycles. The smallest absolute Gasteiger partial charge is 0.341 e. The van der Waals surface area contributed by atoms with Gasteiger partial charge in [-0.25, -0.2) is 4.79 Å². The molecule has 2 N–H and O–H groups in total. The molecule has 0 saturated carbocycles. The van der Waals surface area contributed by atoms with Crippen molar-refractivity contribution < 1.29 is 29.3 Å². The summed E-state index contributed by atoms with van der Waals surface area (Å²) in [6.45, 7) is 6.69. The van der Waals surface area contributed by atoms with Gasteiger partial charge in [0.1, 0.15) is 18.8 Å². The summed E-state index contributed by atoms with van der Waals surface area (Å²) in [5.74, 6) is -2.76. The first-order valence-corrected chi connectivity index (χ1v) is 9.00. The van der Waals surface area contributed by atoms with E-state index >= 15 is 0 Å². The fraction of sp³-hybridized carbons (Fsp3) is 0.778. The maximum atomic E-state index is 12.8. The largest absolute Gasteiger partial charge is 0.460 e. The van der Waals surface area contributed by atoms with Crippen molar-refractivity contribution in [3.8, 4) is 0 Å². The average molecular weight is 353 g/mol. The number of cyclic esters (lactones) is 1. The lowest BCUT2D eigenvalue weighted by molar-refractivity contribution is -0.190. The van der Waals surface area contributed by atoms with Crippen molar-refractivity contribution in [2.24, 2.45) is 11.8 Å². The number of hydrogen-bond donors (Lipinski definition) is 2. The van der Waals surface area contributed by atoms with Crippen molar-refractivity contribution in [2.45, 2.75) is 57.5 Å². The van der Waals surface area contributed by atoms with Crippen molar-refractivity contribution in [3.05, 3.63) is 11.6 Å². The minimum atomic E-state index is -2.13. The Morgan fingerprint density at radius 2 is 2.12 bits per heavy atom. The molecule has 0 aromatic rings. The quantitative estimate of drug-likeness (QED) is 0.542. The van der Waals surface area contributed by atoms with Crippen LogP contribution in [0.3, 0.4) is 0 Å². The third-order valence-corrected chi connectivity index (χ3v) is 5.76. The Morgan fingerprint density at radius 3 is 2.76 bits per heavy atom. The molecule has 0 bridgehead atoms. The maximum Gasteiger partial charge on any atom is 0.341 e. The van der Waals surface area contributed by atoms with Crippen LogP contribution in [0.5, 0.6) is 0 Å². The maximum absolute atomic E-state index is 12.8. The molecule has 25 heavy (non-hydrogen) atoms. The van der Waals surface area contributed by atoms with Crippen LogP contribution >= 0.6 is 0 Å². The standard InChI is InChI=1S/C18H27NO6/c1-4-18(23)15(20)13(10(2)3)16(21)25-12-6-8-19-7-5-11(14(12)19)9-24-17(18)22/h5,10,12-15,20,23H,4,6-9H2,1-3H3/t12-,13?,14-,15?,18?/m1/s1. The topological polar surface area (TPSA) is 96.3 Å². The lowest BCUT2D eigenvalue weighted by Crippen LogP contribution is -2.56. The Hall–Kier alpha value is -1.44. The van der Waals surface area contributed by atoms with Crippen molar-refractivity contribution in [1.82, 2.24) is 4.90 Å². The summed E-state index contributed by atoms with van der Waals surface area (Å²) >= 11 is 0. The molecule has 0 spiro atoms. The summed E-state index contributed by atoms with van der Waals surface area (Å²) in [5.41, 5.74) is -1.24. The van der Waals surface area contributed by atoms with Crippen LogP contribution in [0.1, 0.15) is 33.6 Å². The molecule has 3 unspecified atom stereocenters. The molecule has 0 aromatic carbocycles. The third kappa shape index (κ3) is 2.98. The molecular formula is C18H27NO6. The second-order valence-electron chi connectivity index (χ2n) is 7.55. The van der Waals surface area contributed by atoms with E-state index < -0.39 is 29.6 Å². The average Bonchev–Trinajstić information content (AvgIpc) is 3.13. The first-order valence-electron chi connectivity index (χ1n) is 9.00. The summed E-state index contributed by atoms with van der Waals surface area (Å²) in [4.78, 5) is 27.5. The lowest BCUT2D eigenvalue weighted by atomic mass is 9.79. The second kappa shape index (κ2) is 6.70. The van der Waals surface area contributed by atoms with Crippen molar-refractivity contribution in [3.63, 3.8) is 0 Å². The molecule has 3 heterocycles. The van der Waals surface area contributed by atoms with Crippen LogP contribution in [0.2, 0.25) is 0 Å². The minimum Gasteiger partial charge on any atom is -0.460 e. The van der Waals surface area contributed by atoms with Gasteiger partial charge in [-0.3, -0.25) is 9.69 Å². The number of aliphatic hydroxyl groups excluding tert-OH is 1. The van der Waals surface area contributed by atoms with Crippen LogP contribution in [0.4, 0.5) is 0 Å². The molecular weight excluding hydrogens is 326 g/mol. The first kappa shape index (κ1) is 18.4. The van der Waals surface area contributed by atoms with Crippen LogP contribution in [0, 0.1) is 11.8 Å². The van der Waals surface area contributed by atoms with Crippen molar-refractivity contribution in [2.75, 3.05) is 19.7 Å². The van der Waals surface area contributed by atoms with Gasteiger partial charge in [0.25, 0.3) is 0 Å². The monoisotopic (exact) mass is 353 g/mol. The zero-order valence-electron chi connectivity index (χ0n) is 15.0. The van der Waals surface area contributed by atoms with E-state index in [1.807, 2.05) is 6.08 Å². The summed E-state index contributed by atoms with van der Waals surface area (Å²) in [5, 5.41) is 21.5. The number of carbonyl (C=O) groups is 2. The molecule has 7 heteroatoms. The van der Waals surface area contributed by atoms with Gasteiger partial charge in [-0.2, -0.15) is 0 Å². The highest BCUT2D eigenvalue weighted by Crippen LogP contribution is 2.35. The van der Waals surface area contributed by atoms with Gasteiger partial charge in [-0.15, -0.1) is 0 Å². The van der Waals surface area contributed by atoms with Gasteiger partial charge in [-0.1, -0.05) is 26.8 Å². The molecule has 3 aliphatic rings. The Labute approximate surface area is 147 Å². The van der Waals surface area contributed by atoms with Crippen LogP contribution in [0.25, 0.3) is 0 Å². The molecule has 2 saturated heterocycles. The summed E-state index contributed by atoms with van der Waals surface area (Å²) in [6, 6.07) is -0.0884.